The highest BCUT2D eigenvalue weighted by molar-refractivity contribution is 9.10. The Balaban J connectivity index is 2.44. The SMILES string of the molecule is Cc1cc(Br)c(NC(=O)c2cccc(N)c2)c([S+]([O-])C(F)(F)F)c1. The van der Waals surface area contributed by atoms with Crippen LogP contribution >= 0.6 is 15.9 Å². The molecule has 2 rings (SSSR count). The quantitative estimate of drug-likeness (QED) is 0.576. The van der Waals surface area contributed by atoms with E-state index in [9.17, 15) is 22.5 Å². The Morgan fingerprint density at radius 3 is 2.54 bits per heavy atom. The number of carbonyl (C=O) groups is 1. The van der Waals surface area contributed by atoms with E-state index in [-0.39, 0.29) is 15.7 Å². The molecule has 0 radical (unpaired) electrons. The van der Waals surface area contributed by atoms with E-state index in [1.165, 1.54) is 18.2 Å². The van der Waals surface area contributed by atoms with Gasteiger partial charge in [0.2, 0.25) is 0 Å². The second-order valence-corrected chi connectivity index (χ2v) is 7.21. The molecule has 1 amide bonds. The van der Waals surface area contributed by atoms with Crippen molar-refractivity contribution in [1.29, 1.82) is 0 Å². The maximum Gasteiger partial charge on any atom is 0.578 e. The number of amides is 1. The third-order valence-electron chi connectivity index (χ3n) is 3.00. The lowest BCUT2D eigenvalue weighted by atomic mass is 10.1. The zero-order chi connectivity index (χ0) is 18.1. The van der Waals surface area contributed by atoms with Crippen molar-refractivity contribution < 1.29 is 22.5 Å². The van der Waals surface area contributed by atoms with Crippen molar-refractivity contribution in [3.63, 3.8) is 0 Å². The van der Waals surface area contributed by atoms with E-state index >= 15 is 0 Å². The topological polar surface area (TPSA) is 78.2 Å². The average Bonchev–Trinajstić information content (AvgIpc) is 2.47. The first-order chi connectivity index (χ1) is 11.1. The highest BCUT2D eigenvalue weighted by Gasteiger charge is 2.47. The number of rotatable bonds is 3. The molecular formula is C15H12BrF3N2O2S. The normalized spacial score (nSPS) is 12.8. The van der Waals surface area contributed by atoms with Crippen LogP contribution in [0.3, 0.4) is 0 Å². The molecule has 0 aliphatic heterocycles. The lowest BCUT2D eigenvalue weighted by Gasteiger charge is -2.18. The van der Waals surface area contributed by atoms with Crippen molar-refractivity contribution in [1.82, 2.24) is 0 Å². The molecule has 4 nitrogen and oxygen atoms in total. The fourth-order valence-electron chi connectivity index (χ4n) is 1.97. The Labute approximate surface area is 147 Å². The van der Waals surface area contributed by atoms with Crippen LogP contribution in [0.1, 0.15) is 15.9 Å². The van der Waals surface area contributed by atoms with E-state index in [1.807, 2.05) is 0 Å². The number of benzene rings is 2. The summed E-state index contributed by atoms with van der Waals surface area (Å²) in [6.45, 7) is 1.56. The molecule has 1 unspecified atom stereocenters. The molecule has 3 N–H and O–H groups in total. The number of alkyl halides is 3. The van der Waals surface area contributed by atoms with Crippen molar-refractivity contribution in [3.05, 3.63) is 52.0 Å². The van der Waals surface area contributed by atoms with Crippen LogP contribution in [0, 0.1) is 6.92 Å². The molecule has 0 heterocycles. The zero-order valence-electron chi connectivity index (χ0n) is 12.3. The fraction of sp³-hybridized carbons (Fsp3) is 0.133. The van der Waals surface area contributed by atoms with Gasteiger partial charge in [0.25, 0.3) is 5.91 Å². The number of nitrogens with one attached hydrogen (secondary N) is 1. The number of hydrogen-bond donors (Lipinski definition) is 2. The molecule has 1 atom stereocenters. The molecule has 0 aliphatic rings. The summed E-state index contributed by atoms with van der Waals surface area (Å²) in [7, 11) is 0. The first-order valence-corrected chi connectivity index (χ1v) is 8.49. The van der Waals surface area contributed by atoms with E-state index in [1.54, 1.807) is 19.1 Å². The molecular weight excluding hydrogens is 409 g/mol. The van der Waals surface area contributed by atoms with Crippen molar-refractivity contribution in [3.8, 4) is 0 Å². The van der Waals surface area contributed by atoms with Crippen LogP contribution < -0.4 is 11.1 Å². The average molecular weight is 421 g/mol. The van der Waals surface area contributed by atoms with Gasteiger partial charge in [0.15, 0.2) is 4.90 Å². The predicted octanol–water partition coefficient (Wildman–Crippen LogP) is 4.22. The largest absolute Gasteiger partial charge is 0.604 e. The van der Waals surface area contributed by atoms with Crippen molar-refractivity contribution in [2.45, 2.75) is 17.3 Å². The maximum atomic E-state index is 12.8. The van der Waals surface area contributed by atoms with Crippen LogP contribution in [0.15, 0.2) is 45.8 Å². The molecule has 128 valence electrons. The van der Waals surface area contributed by atoms with Gasteiger partial charge >= 0.3 is 5.51 Å². The molecule has 0 bridgehead atoms. The number of aryl methyl sites for hydroxylation is 1. The molecule has 2 aromatic rings. The Kier molecular flexibility index (Phi) is 5.46. The van der Waals surface area contributed by atoms with E-state index in [2.05, 4.69) is 21.2 Å². The summed E-state index contributed by atoms with van der Waals surface area (Å²) in [5.41, 5.74) is 1.44. The highest BCUT2D eigenvalue weighted by Crippen LogP contribution is 2.38. The van der Waals surface area contributed by atoms with Crippen LogP contribution in [0.4, 0.5) is 24.5 Å². The van der Waals surface area contributed by atoms with Gasteiger partial charge in [0, 0.05) is 15.7 Å². The number of nitrogens with two attached hydrogens (primary N) is 1. The summed E-state index contributed by atoms with van der Waals surface area (Å²) in [6, 6.07) is 8.62. The van der Waals surface area contributed by atoms with Crippen LogP contribution in [0.2, 0.25) is 0 Å². The summed E-state index contributed by atoms with van der Waals surface area (Å²) in [5, 5.41) is 2.37. The van der Waals surface area contributed by atoms with Crippen molar-refractivity contribution in [2.75, 3.05) is 11.1 Å². The van der Waals surface area contributed by atoms with Gasteiger partial charge in [-0.1, -0.05) is 6.07 Å². The Hall–Kier alpha value is -1.71. The van der Waals surface area contributed by atoms with Gasteiger partial charge < -0.3 is 15.6 Å². The Morgan fingerprint density at radius 2 is 1.96 bits per heavy atom. The lowest BCUT2D eigenvalue weighted by Crippen LogP contribution is -2.25. The summed E-state index contributed by atoms with van der Waals surface area (Å²) in [6.07, 6.45) is 0. The molecule has 0 saturated heterocycles. The predicted molar refractivity (Wildman–Crippen MR) is 90.2 cm³/mol. The summed E-state index contributed by atoms with van der Waals surface area (Å²) in [4.78, 5) is 11.7. The molecule has 0 saturated carbocycles. The van der Waals surface area contributed by atoms with Crippen molar-refractivity contribution in [2.24, 2.45) is 0 Å². The van der Waals surface area contributed by atoms with Crippen LogP contribution in [0.5, 0.6) is 0 Å². The molecule has 2 aromatic carbocycles. The van der Waals surface area contributed by atoms with E-state index in [0.717, 1.165) is 6.07 Å². The van der Waals surface area contributed by atoms with E-state index in [4.69, 9.17) is 5.73 Å². The molecule has 0 aliphatic carbocycles. The first-order valence-electron chi connectivity index (χ1n) is 6.55. The standard InChI is InChI=1S/C15H12BrF3N2O2S/c1-8-5-11(16)13(12(6-8)24(23)15(17,18)19)21-14(22)9-3-2-4-10(20)7-9/h2-7H,20H2,1H3,(H,21,22). The third kappa shape index (κ3) is 4.22. The van der Waals surface area contributed by atoms with Gasteiger partial charge in [-0.2, -0.15) is 0 Å². The lowest BCUT2D eigenvalue weighted by molar-refractivity contribution is -0.0435. The minimum atomic E-state index is -4.94. The summed E-state index contributed by atoms with van der Waals surface area (Å²) >= 11 is -0.172. The minimum Gasteiger partial charge on any atom is -0.604 e. The molecule has 0 aromatic heterocycles. The van der Waals surface area contributed by atoms with Crippen LogP contribution in [-0.2, 0) is 11.2 Å². The smallest absolute Gasteiger partial charge is 0.578 e. The highest BCUT2D eigenvalue weighted by atomic mass is 79.9. The number of anilines is 2. The van der Waals surface area contributed by atoms with Gasteiger partial charge in [-0.15, -0.1) is 13.2 Å². The van der Waals surface area contributed by atoms with E-state index in [0.29, 0.717) is 11.3 Å². The molecule has 9 heteroatoms. The van der Waals surface area contributed by atoms with Crippen LogP contribution in [0.25, 0.3) is 0 Å². The Morgan fingerprint density at radius 1 is 1.29 bits per heavy atom. The fourth-order valence-corrected chi connectivity index (χ4v) is 3.66. The molecule has 0 spiro atoms. The molecule has 24 heavy (non-hydrogen) atoms. The van der Waals surface area contributed by atoms with Gasteiger partial charge in [0.05, 0.1) is 0 Å². The van der Waals surface area contributed by atoms with Crippen molar-refractivity contribution >= 4 is 44.4 Å². The maximum absolute atomic E-state index is 12.8. The first kappa shape index (κ1) is 18.6. The number of carbonyl (C=O) groups excluding carboxylic acids is 1. The third-order valence-corrected chi connectivity index (χ3v) is 4.76. The second-order valence-electron chi connectivity index (χ2n) is 4.91. The van der Waals surface area contributed by atoms with Gasteiger partial charge in [-0.3, -0.25) is 4.79 Å². The second kappa shape index (κ2) is 7.04. The Bertz CT molecular complexity index is 784. The number of halogens is 4. The van der Waals surface area contributed by atoms with Gasteiger partial charge in [-0.25, -0.2) is 0 Å². The summed E-state index contributed by atoms with van der Waals surface area (Å²) < 4.78 is 50.5. The van der Waals surface area contributed by atoms with Gasteiger partial charge in [0.1, 0.15) is 16.9 Å². The van der Waals surface area contributed by atoms with Gasteiger partial charge in [-0.05, 0) is 58.7 Å². The summed E-state index contributed by atoms with van der Waals surface area (Å²) in [5.74, 6) is -0.660. The number of nitrogen functional groups attached to an aromatic ring is 1. The monoisotopic (exact) mass is 420 g/mol. The molecule has 0 fully saturated rings. The number of hydrogen-bond acceptors (Lipinski definition) is 3. The van der Waals surface area contributed by atoms with E-state index < -0.39 is 27.5 Å². The van der Waals surface area contributed by atoms with Crippen LogP contribution in [-0.4, -0.2) is 16.0 Å². The minimum absolute atomic E-state index is 0.172. The zero-order valence-corrected chi connectivity index (χ0v) is 14.7.